The van der Waals surface area contributed by atoms with Crippen LogP contribution in [0.15, 0.2) is 48.8 Å². The Morgan fingerprint density at radius 1 is 1.18 bits per heavy atom. The first-order valence-corrected chi connectivity index (χ1v) is 7.68. The van der Waals surface area contributed by atoms with E-state index in [1.807, 2.05) is 25.3 Å². The lowest BCUT2D eigenvalue weighted by atomic mass is 10.2. The van der Waals surface area contributed by atoms with Crippen molar-refractivity contribution in [2.75, 3.05) is 0 Å². The molecule has 0 amide bonds. The van der Waals surface area contributed by atoms with Gasteiger partial charge in [0.2, 0.25) is 0 Å². The summed E-state index contributed by atoms with van der Waals surface area (Å²) in [6.45, 7) is 2.00. The summed E-state index contributed by atoms with van der Waals surface area (Å²) < 4.78 is 0. The molecule has 0 saturated heterocycles. The molecule has 1 N–H and O–H groups in total. The van der Waals surface area contributed by atoms with E-state index in [9.17, 15) is 5.11 Å². The van der Waals surface area contributed by atoms with Gasteiger partial charge in [0.25, 0.3) is 0 Å². The molecular formula is C18H14N2OS. The van der Waals surface area contributed by atoms with Crippen LogP contribution in [0.2, 0.25) is 0 Å². The number of thiazole rings is 1. The number of nitrogens with zero attached hydrogens (tertiary/aromatic N) is 2. The van der Waals surface area contributed by atoms with Gasteiger partial charge >= 0.3 is 0 Å². The van der Waals surface area contributed by atoms with Gasteiger partial charge in [0.15, 0.2) is 5.01 Å². The third kappa shape index (κ3) is 3.51. The Hall–Kier alpha value is -2.64. The number of phenolic OH excluding ortho intramolecular Hbond substituents is 1. The molecule has 0 radical (unpaired) electrons. The molecule has 3 nitrogen and oxygen atoms in total. The fraction of sp³-hybridized carbons (Fsp3) is 0.111. The van der Waals surface area contributed by atoms with E-state index in [0.717, 1.165) is 22.7 Å². The van der Waals surface area contributed by atoms with Gasteiger partial charge in [0, 0.05) is 29.3 Å². The molecule has 108 valence electrons. The predicted molar refractivity (Wildman–Crippen MR) is 88.0 cm³/mol. The monoisotopic (exact) mass is 306 g/mol. The van der Waals surface area contributed by atoms with Gasteiger partial charge in [-0.05, 0) is 42.7 Å². The van der Waals surface area contributed by atoms with Crippen LogP contribution in [0.25, 0.3) is 0 Å². The molecule has 0 aliphatic carbocycles. The number of aromatic nitrogens is 2. The second-order valence-electron chi connectivity index (χ2n) is 4.87. The summed E-state index contributed by atoms with van der Waals surface area (Å²) in [5.74, 6) is 6.32. The molecular weight excluding hydrogens is 292 g/mol. The summed E-state index contributed by atoms with van der Waals surface area (Å²) in [6.07, 6.45) is 4.47. The normalized spacial score (nSPS) is 10.0. The van der Waals surface area contributed by atoms with Gasteiger partial charge in [-0.25, -0.2) is 4.98 Å². The lowest BCUT2D eigenvalue weighted by Gasteiger charge is -1.97. The molecule has 0 spiro atoms. The lowest BCUT2D eigenvalue weighted by Crippen LogP contribution is -1.87. The maximum absolute atomic E-state index is 9.44. The first-order valence-electron chi connectivity index (χ1n) is 6.87. The van der Waals surface area contributed by atoms with Crippen LogP contribution < -0.4 is 0 Å². The predicted octanol–water partition coefficient (Wildman–Crippen LogP) is 3.54. The van der Waals surface area contributed by atoms with E-state index in [1.165, 1.54) is 10.4 Å². The minimum absolute atomic E-state index is 0.222. The Labute approximate surface area is 133 Å². The number of phenols is 1. The van der Waals surface area contributed by atoms with Gasteiger partial charge in [0.05, 0.1) is 5.69 Å². The molecule has 0 unspecified atom stereocenters. The van der Waals surface area contributed by atoms with Crippen LogP contribution in [0.4, 0.5) is 0 Å². The third-order valence-corrected chi connectivity index (χ3v) is 4.21. The number of aryl methyl sites for hydroxylation is 1. The van der Waals surface area contributed by atoms with E-state index in [2.05, 4.69) is 27.9 Å². The third-order valence-electron chi connectivity index (χ3n) is 3.14. The molecule has 0 fully saturated rings. The number of hydrogen-bond donors (Lipinski definition) is 1. The molecule has 22 heavy (non-hydrogen) atoms. The van der Waals surface area contributed by atoms with Gasteiger partial charge in [-0.2, -0.15) is 0 Å². The number of hydrogen-bond acceptors (Lipinski definition) is 4. The molecule has 0 saturated carbocycles. The molecule has 3 aromatic rings. The average Bonchev–Trinajstić information content (AvgIpc) is 2.87. The lowest BCUT2D eigenvalue weighted by molar-refractivity contribution is 0.475. The molecule has 4 heteroatoms. The van der Waals surface area contributed by atoms with E-state index in [0.29, 0.717) is 0 Å². The van der Waals surface area contributed by atoms with Crippen molar-refractivity contribution in [1.82, 2.24) is 9.97 Å². The zero-order valence-electron chi connectivity index (χ0n) is 12.1. The molecule has 0 aliphatic heterocycles. The maximum atomic E-state index is 9.44. The number of rotatable bonds is 2. The first-order chi connectivity index (χ1) is 10.7. The van der Waals surface area contributed by atoms with E-state index in [4.69, 9.17) is 0 Å². The van der Waals surface area contributed by atoms with Crippen molar-refractivity contribution in [1.29, 1.82) is 0 Å². The second kappa shape index (κ2) is 6.42. The smallest absolute Gasteiger partial charge is 0.167 e. The van der Waals surface area contributed by atoms with Gasteiger partial charge < -0.3 is 5.11 Å². The number of pyridine rings is 1. The van der Waals surface area contributed by atoms with E-state index >= 15 is 0 Å². The van der Waals surface area contributed by atoms with Gasteiger partial charge in [-0.1, -0.05) is 18.1 Å². The Bertz CT molecular complexity index is 844. The van der Waals surface area contributed by atoms with Crippen LogP contribution in [0, 0.1) is 18.8 Å². The first kappa shape index (κ1) is 14.3. The van der Waals surface area contributed by atoms with Crippen LogP contribution in [0.1, 0.15) is 26.7 Å². The quantitative estimate of drug-likeness (QED) is 0.737. The van der Waals surface area contributed by atoms with Crippen molar-refractivity contribution >= 4 is 11.3 Å². The highest BCUT2D eigenvalue weighted by molar-refractivity contribution is 7.12. The van der Waals surface area contributed by atoms with Gasteiger partial charge in [-0.3, -0.25) is 4.98 Å². The summed E-state index contributed by atoms with van der Waals surface area (Å²) in [5.41, 5.74) is 2.96. The Balaban J connectivity index is 1.81. The molecule has 2 aromatic heterocycles. The highest BCUT2D eigenvalue weighted by Crippen LogP contribution is 2.21. The largest absolute Gasteiger partial charge is 0.508 e. The SMILES string of the molecule is Cc1nc(C#Cc2cccc(O)c2)sc1Cc1cccnc1. The van der Waals surface area contributed by atoms with Gasteiger partial charge in [-0.15, -0.1) is 11.3 Å². The van der Waals surface area contributed by atoms with Crippen LogP contribution in [-0.2, 0) is 6.42 Å². The molecule has 2 heterocycles. The van der Waals surface area contributed by atoms with Crippen molar-refractivity contribution in [2.24, 2.45) is 0 Å². The second-order valence-corrected chi connectivity index (χ2v) is 5.95. The highest BCUT2D eigenvalue weighted by Gasteiger charge is 2.07. The number of benzene rings is 1. The topological polar surface area (TPSA) is 46.0 Å². The summed E-state index contributed by atoms with van der Waals surface area (Å²) in [4.78, 5) is 9.84. The minimum Gasteiger partial charge on any atom is -0.508 e. The molecule has 3 rings (SSSR count). The highest BCUT2D eigenvalue weighted by atomic mass is 32.1. The molecule has 0 aliphatic rings. The van der Waals surface area contributed by atoms with Crippen molar-refractivity contribution < 1.29 is 5.11 Å². The fourth-order valence-corrected chi connectivity index (χ4v) is 2.99. The maximum Gasteiger partial charge on any atom is 0.167 e. The fourth-order valence-electron chi connectivity index (χ4n) is 2.04. The van der Waals surface area contributed by atoms with E-state index < -0.39 is 0 Å². The summed E-state index contributed by atoms with van der Waals surface area (Å²) >= 11 is 1.60. The Morgan fingerprint density at radius 2 is 2.09 bits per heavy atom. The summed E-state index contributed by atoms with van der Waals surface area (Å²) in [5, 5.41) is 10.2. The molecule has 0 bridgehead atoms. The number of aromatic hydroxyl groups is 1. The Kier molecular flexibility index (Phi) is 4.17. The van der Waals surface area contributed by atoms with Crippen molar-refractivity contribution in [3.05, 3.63) is 75.5 Å². The van der Waals surface area contributed by atoms with Crippen LogP contribution in [-0.4, -0.2) is 15.1 Å². The van der Waals surface area contributed by atoms with Gasteiger partial charge in [0.1, 0.15) is 5.75 Å². The van der Waals surface area contributed by atoms with Crippen molar-refractivity contribution in [3.8, 4) is 17.6 Å². The van der Waals surface area contributed by atoms with Crippen LogP contribution in [0.3, 0.4) is 0 Å². The summed E-state index contributed by atoms with van der Waals surface area (Å²) in [6, 6.07) is 10.9. The Morgan fingerprint density at radius 3 is 2.86 bits per heavy atom. The van der Waals surface area contributed by atoms with Crippen molar-refractivity contribution in [2.45, 2.75) is 13.3 Å². The summed E-state index contributed by atoms with van der Waals surface area (Å²) in [7, 11) is 0. The van der Waals surface area contributed by atoms with E-state index in [1.54, 1.807) is 35.7 Å². The van der Waals surface area contributed by atoms with Crippen molar-refractivity contribution in [3.63, 3.8) is 0 Å². The zero-order chi connectivity index (χ0) is 15.4. The van der Waals surface area contributed by atoms with Crippen LogP contribution in [0.5, 0.6) is 5.75 Å². The standard InChI is InChI=1S/C18H14N2OS/c1-13-17(11-15-5-3-9-19-12-15)22-18(20-13)8-7-14-4-2-6-16(21)10-14/h2-6,9-10,12,21H,11H2,1H3. The molecule has 1 aromatic carbocycles. The van der Waals surface area contributed by atoms with Crippen LogP contribution >= 0.6 is 11.3 Å². The van der Waals surface area contributed by atoms with E-state index in [-0.39, 0.29) is 5.75 Å². The average molecular weight is 306 g/mol. The molecule has 0 atom stereocenters. The minimum atomic E-state index is 0.222. The zero-order valence-corrected chi connectivity index (χ0v) is 12.9.